The summed E-state index contributed by atoms with van der Waals surface area (Å²) in [5.74, 6) is 1.02. The van der Waals surface area contributed by atoms with Gasteiger partial charge in [0.05, 0.1) is 30.4 Å². The van der Waals surface area contributed by atoms with E-state index in [-0.39, 0.29) is 11.2 Å². The lowest BCUT2D eigenvalue weighted by Gasteiger charge is -2.20. The van der Waals surface area contributed by atoms with Crippen molar-refractivity contribution in [3.63, 3.8) is 0 Å². The molecular weight excluding hydrogens is 470 g/mol. The van der Waals surface area contributed by atoms with E-state index in [4.69, 9.17) is 4.98 Å². The molecule has 5 rings (SSSR count). The van der Waals surface area contributed by atoms with Gasteiger partial charge in [0, 0.05) is 24.4 Å². The van der Waals surface area contributed by atoms with E-state index in [9.17, 15) is 5.11 Å². The third kappa shape index (κ3) is 4.71. The maximum atomic E-state index is 10.9. The van der Waals surface area contributed by atoms with Crippen molar-refractivity contribution in [2.75, 3.05) is 0 Å². The minimum absolute atomic E-state index is 0.0326. The standard InChI is InChI=1S/C32H35N3OSi/c1-32(2,3)23-14-15-29(36)26(18-23)31-34-30-25(19-24(37(5,6)7)20-28(30)35(31)4)21-11-10-12-22(17-21)27-13-8-9-16-33-27/h8-20,36H,1-7H3. The Morgan fingerprint density at radius 1 is 0.811 bits per heavy atom. The van der Waals surface area contributed by atoms with Crippen LogP contribution in [0.5, 0.6) is 5.75 Å². The van der Waals surface area contributed by atoms with Crippen molar-refractivity contribution in [1.82, 2.24) is 14.5 Å². The first-order valence-corrected chi connectivity index (χ1v) is 16.3. The Morgan fingerprint density at radius 3 is 2.24 bits per heavy atom. The Kier molecular flexibility index (Phi) is 6.07. The Labute approximate surface area is 220 Å². The molecule has 0 fully saturated rings. The van der Waals surface area contributed by atoms with E-state index in [1.807, 2.05) is 30.5 Å². The van der Waals surface area contributed by atoms with Crippen LogP contribution in [-0.2, 0) is 12.5 Å². The third-order valence-electron chi connectivity index (χ3n) is 7.09. The number of hydrogen-bond donors (Lipinski definition) is 1. The number of benzene rings is 3. The highest BCUT2D eigenvalue weighted by Crippen LogP contribution is 2.37. The van der Waals surface area contributed by atoms with Gasteiger partial charge in [-0.2, -0.15) is 0 Å². The van der Waals surface area contributed by atoms with E-state index in [1.165, 1.54) is 10.8 Å². The number of fused-ring (bicyclic) bond motifs is 1. The molecule has 0 saturated heterocycles. The van der Waals surface area contributed by atoms with Gasteiger partial charge in [-0.05, 0) is 52.9 Å². The van der Waals surface area contributed by atoms with E-state index < -0.39 is 8.07 Å². The molecule has 2 heterocycles. The molecule has 37 heavy (non-hydrogen) atoms. The number of phenols is 1. The molecule has 0 aliphatic carbocycles. The van der Waals surface area contributed by atoms with Gasteiger partial charge in [0.2, 0.25) is 0 Å². The fraction of sp³-hybridized carbons (Fsp3) is 0.250. The Hall–Kier alpha value is -3.70. The van der Waals surface area contributed by atoms with Gasteiger partial charge >= 0.3 is 0 Å². The lowest BCUT2D eigenvalue weighted by molar-refractivity contribution is 0.475. The third-order valence-corrected chi connectivity index (χ3v) is 9.11. The first-order valence-electron chi connectivity index (χ1n) is 12.8. The molecule has 0 amide bonds. The van der Waals surface area contributed by atoms with Crippen LogP contribution in [-0.4, -0.2) is 27.7 Å². The normalized spacial score (nSPS) is 12.3. The van der Waals surface area contributed by atoms with Crippen molar-refractivity contribution >= 4 is 24.3 Å². The summed E-state index contributed by atoms with van der Waals surface area (Å²) in [6.07, 6.45) is 1.83. The van der Waals surface area contributed by atoms with Crippen LogP contribution in [0.3, 0.4) is 0 Å². The summed E-state index contributed by atoms with van der Waals surface area (Å²) in [5.41, 5.74) is 8.17. The number of imidazole rings is 1. The Bertz CT molecular complexity index is 1610. The van der Waals surface area contributed by atoms with E-state index in [1.54, 1.807) is 6.07 Å². The largest absolute Gasteiger partial charge is 0.507 e. The molecule has 4 nitrogen and oxygen atoms in total. The number of hydrogen-bond acceptors (Lipinski definition) is 3. The lowest BCUT2D eigenvalue weighted by Crippen LogP contribution is -2.37. The second-order valence-electron chi connectivity index (χ2n) is 11.9. The fourth-order valence-corrected chi connectivity index (χ4v) is 5.89. The fourth-order valence-electron chi connectivity index (χ4n) is 4.74. The van der Waals surface area contributed by atoms with Crippen LogP contribution in [0.15, 0.2) is 79.0 Å². The van der Waals surface area contributed by atoms with Crippen LogP contribution < -0.4 is 5.19 Å². The molecule has 0 atom stereocenters. The number of aromatic nitrogens is 3. The highest BCUT2D eigenvalue weighted by atomic mass is 28.3. The predicted octanol–water partition coefficient (Wildman–Crippen LogP) is 7.52. The second-order valence-corrected chi connectivity index (χ2v) is 17.0. The molecule has 0 bridgehead atoms. The van der Waals surface area contributed by atoms with Gasteiger partial charge in [0.1, 0.15) is 11.6 Å². The average molecular weight is 506 g/mol. The molecule has 0 aliphatic heterocycles. The van der Waals surface area contributed by atoms with Gasteiger partial charge in [0.25, 0.3) is 0 Å². The van der Waals surface area contributed by atoms with E-state index in [0.29, 0.717) is 0 Å². The van der Waals surface area contributed by atoms with Crippen molar-refractivity contribution in [3.05, 3.63) is 84.6 Å². The molecule has 0 unspecified atom stereocenters. The van der Waals surface area contributed by atoms with E-state index >= 15 is 0 Å². The van der Waals surface area contributed by atoms with Crippen LogP contribution in [0.4, 0.5) is 0 Å². The first kappa shape index (κ1) is 25.0. The minimum Gasteiger partial charge on any atom is -0.507 e. The predicted molar refractivity (Wildman–Crippen MR) is 158 cm³/mol. The second kappa shape index (κ2) is 9.00. The molecule has 5 heteroatoms. The highest BCUT2D eigenvalue weighted by molar-refractivity contribution is 6.88. The molecule has 0 spiro atoms. The zero-order valence-corrected chi connectivity index (χ0v) is 23.8. The van der Waals surface area contributed by atoms with Crippen LogP contribution in [0.1, 0.15) is 26.3 Å². The van der Waals surface area contributed by atoms with Crippen molar-refractivity contribution in [3.8, 4) is 39.5 Å². The Balaban J connectivity index is 1.78. The van der Waals surface area contributed by atoms with Gasteiger partial charge < -0.3 is 9.67 Å². The number of aryl methyl sites for hydroxylation is 1. The minimum atomic E-state index is -1.63. The molecule has 0 aliphatic rings. The van der Waals surface area contributed by atoms with Gasteiger partial charge in [-0.3, -0.25) is 4.98 Å². The molecule has 188 valence electrons. The molecule has 0 radical (unpaired) electrons. The van der Waals surface area contributed by atoms with Gasteiger partial charge in [-0.25, -0.2) is 4.98 Å². The van der Waals surface area contributed by atoms with E-state index in [2.05, 4.69) is 99.5 Å². The number of phenolic OH excluding ortho intramolecular Hbond substituents is 1. The molecule has 0 saturated carbocycles. The number of pyridine rings is 1. The zero-order valence-electron chi connectivity index (χ0n) is 22.8. The summed E-state index contributed by atoms with van der Waals surface area (Å²) in [5, 5.41) is 12.3. The lowest BCUT2D eigenvalue weighted by atomic mass is 9.86. The van der Waals surface area contributed by atoms with Gasteiger partial charge in [-0.1, -0.05) is 82.0 Å². The van der Waals surface area contributed by atoms with Crippen molar-refractivity contribution in [2.24, 2.45) is 7.05 Å². The Morgan fingerprint density at radius 2 is 1.57 bits per heavy atom. The van der Waals surface area contributed by atoms with Crippen LogP contribution in [0, 0.1) is 0 Å². The van der Waals surface area contributed by atoms with Gasteiger partial charge in [0.15, 0.2) is 0 Å². The highest BCUT2D eigenvalue weighted by Gasteiger charge is 2.24. The van der Waals surface area contributed by atoms with Crippen LogP contribution >= 0.6 is 0 Å². The van der Waals surface area contributed by atoms with Crippen molar-refractivity contribution in [2.45, 2.75) is 45.8 Å². The molecular formula is C32H35N3OSi. The summed E-state index contributed by atoms with van der Waals surface area (Å²) < 4.78 is 2.13. The van der Waals surface area contributed by atoms with E-state index in [0.717, 1.165) is 44.8 Å². The molecule has 3 aromatic carbocycles. The van der Waals surface area contributed by atoms with Crippen LogP contribution in [0.2, 0.25) is 19.6 Å². The summed E-state index contributed by atoms with van der Waals surface area (Å²) in [6, 6.07) is 25.0. The monoisotopic (exact) mass is 505 g/mol. The maximum absolute atomic E-state index is 10.9. The smallest absolute Gasteiger partial charge is 0.144 e. The summed E-state index contributed by atoms with van der Waals surface area (Å²) in [6.45, 7) is 13.7. The molecule has 2 aromatic heterocycles. The van der Waals surface area contributed by atoms with Crippen molar-refractivity contribution in [1.29, 1.82) is 0 Å². The van der Waals surface area contributed by atoms with Gasteiger partial charge in [-0.15, -0.1) is 0 Å². The molecule has 5 aromatic rings. The average Bonchev–Trinajstić information content (AvgIpc) is 3.19. The molecule has 1 N–H and O–H groups in total. The summed E-state index contributed by atoms with van der Waals surface area (Å²) in [4.78, 5) is 9.73. The number of aromatic hydroxyl groups is 1. The van der Waals surface area contributed by atoms with Crippen molar-refractivity contribution < 1.29 is 5.11 Å². The summed E-state index contributed by atoms with van der Waals surface area (Å²) >= 11 is 0. The SMILES string of the molecule is Cn1c(-c2cc(C(C)(C)C)ccc2O)nc2c(-c3cccc(-c4ccccn4)c3)cc([Si](C)(C)C)cc21. The number of rotatable bonds is 4. The quantitative estimate of drug-likeness (QED) is 0.257. The van der Waals surface area contributed by atoms with Crippen LogP contribution in [0.25, 0.3) is 44.8 Å². The number of nitrogens with zero attached hydrogens (tertiary/aromatic N) is 3. The maximum Gasteiger partial charge on any atom is 0.144 e. The summed E-state index contributed by atoms with van der Waals surface area (Å²) in [7, 11) is 0.419. The zero-order chi connectivity index (χ0) is 26.5. The topological polar surface area (TPSA) is 50.9 Å². The first-order chi connectivity index (χ1) is 17.4.